The molecule has 0 spiro atoms. The first kappa shape index (κ1) is 20.9. The zero-order valence-electron chi connectivity index (χ0n) is 17.2. The van der Waals surface area contributed by atoms with E-state index in [-0.39, 0.29) is 11.8 Å². The van der Waals surface area contributed by atoms with Gasteiger partial charge in [0.2, 0.25) is 0 Å². The average Bonchev–Trinajstić information content (AvgIpc) is 2.82. The smallest absolute Gasteiger partial charge is 0.255 e. The largest absolute Gasteiger partial charge is 0.388 e. The number of anilines is 2. The molecule has 0 aromatic heterocycles. The van der Waals surface area contributed by atoms with Crippen molar-refractivity contribution in [2.24, 2.45) is 0 Å². The number of nitrogens with one attached hydrogen (secondary N) is 2. The van der Waals surface area contributed by atoms with Crippen LogP contribution in [0.2, 0.25) is 0 Å². The van der Waals surface area contributed by atoms with Gasteiger partial charge in [0.25, 0.3) is 5.91 Å². The molecular formula is C27H23BrN2O. The molecule has 4 rings (SSSR count). The summed E-state index contributed by atoms with van der Waals surface area (Å²) in [6, 6.07) is 34.2. The zero-order valence-corrected chi connectivity index (χ0v) is 18.8. The predicted molar refractivity (Wildman–Crippen MR) is 132 cm³/mol. The lowest BCUT2D eigenvalue weighted by Crippen LogP contribution is -2.15. The van der Waals surface area contributed by atoms with E-state index in [9.17, 15) is 4.79 Å². The summed E-state index contributed by atoms with van der Waals surface area (Å²) in [5.74, 6) is -0.134. The quantitative estimate of drug-likeness (QED) is 0.300. The van der Waals surface area contributed by atoms with Crippen molar-refractivity contribution in [3.05, 3.63) is 130 Å². The van der Waals surface area contributed by atoms with E-state index in [1.165, 1.54) is 5.56 Å². The van der Waals surface area contributed by atoms with Crippen molar-refractivity contribution in [2.75, 3.05) is 17.7 Å². The molecule has 1 unspecified atom stereocenters. The second-order valence-corrected chi connectivity index (χ2v) is 8.18. The van der Waals surface area contributed by atoms with E-state index in [1.54, 1.807) is 0 Å². The van der Waals surface area contributed by atoms with Crippen LogP contribution in [-0.4, -0.2) is 13.0 Å². The molecule has 0 heterocycles. The topological polar surface area (TPSA) is 41.1 Å². The van der Waals surface area contributed by atoms with Crippen LogP contribution < -0.4 is 10.6 Å². The number of halogens is 1. The van der Waals surface area contributed by atoms with Crippen LogP contribution in [0.3, 0.4) is 0 Å². The van der Waals surface area contributed by atoms with Gasteiger partial charge >= 0.3 is 0 Å². The van der Waals surface area contributed by atoms with Crippen LogP contribution in [0.5, 0.6) is 0 Å². The Bertz CT molecular complexity index is 1160. The zero-order chi connectivity index (χ0) is 21.6. The Labute approximate surface area is 191 Å². The van der Waals surface area contributed by atoms with Gasteiger partial charge in [-0.3, -0.25) is 4.79 Å². The Hall–Kier alpha value is -3.37. The van der Waals surface area contributed by atoms with Gasteiger partial charge in [-0.2, -0.15) is 0 Å². The second kappa shape index (κ2) is 9.63. The van der Waals surface area contributed by atoms with E-state index in [2.05, 4.69) is 69.0 Å². The molecule has 154 valence electrons. The van der Waals surface area contributed by atoms with Gasteiger partial charge in [-0.1, -0.05) is 76.6 Å². The van der Waals surface area contributed by atoms with Crippen LogP contribution in [0, 0.1) is 0 Å². The van der Waals surface area contributed by atoms with Gasteiger partial charge in [0.15, 0.2) is 0 Å². The summed E-state index contributed by atoms with van der Waals surface area (Å²) in [6.45, 7) is 0. The molecule has 4 aromatic rings. The van der Waals surface area contributed by atoms with Crippen LogP contribution >= 0.6 is 15.9 Å². The van der Waals surface area contributed by atoms with Crippen LogP contribution in [0.1, 0.15) is 33.0 Å². The minimum atomic E-state index is -0.128. The van der Waals surface area contributed by atoms with Crippen molar-refractivity contribution >= 4 is 33.2 Å². The second-order valence-electron chi connectivity index (χ2n) is 7.26. The maximum Gasteiger partial charge on any atom is 0.255 e. The first-order valence-electron chi connectivity index (χ1n) is 10.1. The van der Waals surface area contributed by atoms with Crippen molar-refractivity contribution in [3.63, 3.8) is 0 Å². The molecule has 1 amide bonds. The Kier molecular flexibility index (Phi) is 6.48. The molecule has 0 aliphatic rings. The molecule has 31 heavy (non-hydrogen) atoms. The Balaban J connectivity index is 1.75. The molecule has 4 aromatic carbocycles. The first-order chi connectivity index (χ1) is 15.2. The molecule has 3 nitrogen and oxygen atoms in total. The third-order valence-corrected chi connectivity index (χ3v) is 5.82. The molecule has 2 N–H and O–H groups in total. The lowest BCUT2D eigenvalue weighted by Gasteiger charge is -2.22. The number of benzene rings is 4. The summed E-state index contributed by atoms with van der Waals surface area (Å²) in [4.78, 5) is 12.9. The van der Waals surface area contributed by atoms with E-state index in [1.807, 2.05) is 67.7 Å². The maximum absolute atomic E-state index is 12.9. The fourth-order valence-corrected chi connectivity index (χ4v) is 3.96. The van der Waals surface area contributed by atoms with Gasteiger partial charge in [0.1, 0.15) is 0 Å². The van der Waals surface area contributed by atoms with Gasteiger partial charge in [0.05, 0.1) is 0 Å². The number of carbonyl (C=O) groups is 1. The molecule has 0 aliphatic carbocycles. The summed E-state index contributed by atoms with van der Waals surface area (Å²) in [5.41, 5.74) is 5.87. The van der Waals surface area contributed by atoms with Crippen molar-refractivity contribution in [3.8, 4) is 0 Å². The SMILES string of the molecule is CNc1ccc(C(c2ccccc2)c2ccccc2NC(=O)c2ccc(Br)cc2)cc1. The summed E-state index contributed by atoms with van der Waals surface area (Å²) in [5, 5.41) is 6.29. The highest BCUT2D eigenvalue weighted by atomic mass is 79.9. The van der Waals surface area contributed by atoms with Crippen molar-refractivity contribution in [1.29, 1.82) is 0 Å². The third kappa shape index (κ3) is 4.86. The highest BCUT2D eigenvalue weighted by molar-refractivity contribution is 9.10. The Morgan fingerprint density at radius 2 is 1.35 bits per heavy atom. The number of hydrogen-bond donors (Lipinski definition) is 2. The van der Waals surface area contributed by atoms with Crippen molar-refractivity contribution in [2.45, 2.75) is 5.92 Å². The normalized spacial score (nSPS) is 11.5. The Morgan fingerprint density at radius 1 is 0.742 bits per heavy atom. The van der Waals surface area contributed by atoms with Crippen LogP contribution in [0.4, 0.5) is 11.4 Å². The summed E-state index contributed by atoms with van der Waals surface area (Å²) < 4.78 is 0.943. The first-order valence-corrected chi connectivity index (χ1v) is 10.9. The van der Waals surface area contributed by atoms with E-state index in [0.29, 0.717) is 5.56 Å². The molecule has 0 bridgehead atoms. The number of rotatable bonds is 6. The van der Waals surface area contributed by atoms with Crippen LogP contribution in [-0.2, 0) is 0 Å². The molecule has 0 fully saturated rings. The lowest BCUT2D eigenvalue weighted by molar-refractivity contribution is 0.102. The summed E-state index contributed by atoms with van der Waals surface area (Å²) in [6.07, 6.45) is 0. The average molecular weight is 471 g/mol. The fraction of sp³-hybridized carbons (Fsp3) is 0.0741. The molecule has 0 aliphatic heterocycles. The maximum atomic E-state index is 12.9. The lowest BCUT2D eigenvalue weighted by atomic mass is 9.84. The van der Waals surface area contributed by atoms with E-state index >= 15 is 0 Å². The van der Waals surface area contributed by atoms with Gasteiger partial charge < -0.3 is 10.6 Å². The van der Waals surface area contributed by atoms with Gasteiger partial charge in [-0.15, -0.1) is 0 Å². The van der Waals surface area contributed by atoms with Gasteiger partial charge in [-0.05, 0) is 59.2 Å². The molecule has 1 atom stereocenters. The van der Waals surface area contributed by atoms with Crippen molar-refractivity contribution < 1.29 is 4.79 Å². The van der Waals surface area contributed by atoms with Crippen LogP contribution in [0.25, 0.3) is 0 Å². The minimum absolute atomic E-state index is 0.00600. The molecule has 0 saturated carbocycles. The van der Waals surface area contributed by atoms with E-state index < -0.39 is 0 Å². The van der Waals surface area contributed by atoms with Gasteiger partial charge in [0, 0.05) is 34.4 Å². The monoisotopic (exact) mass is 470 g/mol. The standard InChI is InChI=1S/C27H23BrN2O/c1-29-23-17-13-20(14-18-23)26(19-7-3-2-4-8-19)24-9-5-6-10-25(24)30-27(31)21-11-15-22(28)16-12-21/h2-18,26,29H,1H3,(H,30,31). The highest BCUT2D eigenvalue weighted by Crippen LogP contribution is 2.36. The minimum Gasteiger partial charge on any atom is -0.388 e. The highest BCUT2D eigenvalue weighted by Gasteiger charge is 2.21. The number of carbonyl (C=O) groups excluding carboxylic acids is 1. The summed E-state index contributed by atoms with van der Waals surface area (Å²) in [7, 11) is 1.91. The summed E-state index contributed by atoms with van der Waals surface area (Å²) >= 11 is 3.42. The fourth-order valence-electron chi connectivity index (χ4n) is 3.70. The Morgan fingerprint density at radius 3 is 2.03 bits per heavy atom. The van der Waals surface area contributed by atoms with Crippen LogP contribution in [0.15, 0.2) is 108 Å². The molecular weight excluding hydrogens is 448 g/mol. The van der Waals surface area contributed by atoms with Crippen molar-refractivity contribution in [1.82, 2.24) is 0 Å². The predicted octanol–water partition coefficient (Wildman–Crippen LogP) is 6.92. The number of hydrogen-bond acceptors (Lipinski definition) is 2. The molecule has 4 heteroatoms. The molecule has 0 saturated heterocycles. The van der Waals surface area contributed by atoms with E-state index in [0.717, 1.165) is 27.0 Å². The van der Waals surface area contributed by atoms with Gasteiger partial charge in [-0.25, -0.2) is 0 Å². The number of amides is 1. The number of para-hydroxylation sites is 1. The third-order valence-electron chi connectivity index (χ3n) is 5.29. The molecule has 0 radical (unpaired) electrons. The van der Waals surface area contributed by atoms with E-state index in [4.69, 9.17) is 0 Å².